The number of ether oxygens (including phenoxy) is 1. The molecule has 5 rings (SSSR count). The van der Waals surface area contributed by atoms with E-state index >= 15 is 0 Å². The Hall–Kier alpha value is -4.89. The summed E-state index contributed by atoms with van der Waals surface area (Å²) in [4.78, 5) is 45.5. The van der Waals surface area contributed by atoms with Gasteiger partial charge in [-0.1, -0.05) is 42.5 Å². The zero-order chi connectivity index (χ0) is 26.5. The van der Waals surface area contributed by atoms with Crippen molar-refractivity contribution < 1.29 is 19.2 Å². The monoisotopic (exact) mass is 508 g/mol. The Kier molecular flexibility index (Phi) is 7.19. The summed E-state index contributed by atoms with van der Waals surface area (Å²) in [6, 6.07) is 25.4. The van der Waals surface area contributed by atoms with Gasteiger partial charge in [0.1, 0.15) is 5.69 Å². The van der Waals surface area contributed by atoms with Crippen LogP contribution in [0, 0.1) is 10.1 Å². The van der Waals surface area contributed by atoms with E-state index in [-0.39, 0.29) is 17.1 Å². The van der Waals surface area contributed by atoms with Crippen LogP contribution in [0.5, 0.6) is 0 Å². The Bertz CT molecular complexity index is 1450. The summed E-state index contributed by atoms with van der Waals surface area (Å²) in [6.07, 6.45) is 1.53. The van der Waals surface area contributed by atoms with Gasteiger partial charge in [-0.15, -0.1) is 0 Å². The van der Waals surface area contributed by atoms with E-state index in [2.05, 4.69) is 9.88 Å². The smallest absolute Gasteiger partial charge is 0.283 e. The van der Waals surface area contributed by atoms with Gasteiger partial charge in [-0.25, -0.2) is 4.90 Å². The van der Waals surface area contributed by atoms with Crippen LogP contribution in [0.2, 0.25) is 0 Å². The van der Waals surface area contributed by atoms with Gasteiger partial charge in [-0.2, -0.15) is 0 Å². The number of aromatic nitrogens is 1. The second-order valence-corrected chi connectivity index (χ2v) is 8.66. The number of amides is 2. The lowest BCUT2D eigenvalue weighted by Gasteiger charge is -2.29. The van der Waals surface area contributed by atoms with E-state index in [1.165, 1.54) is 30.5 Å². The molecule has 2 heterocycles. The summed E-state index contributed by atoms with van der Waals surface area (Å²) in [7, 11) is 0. The van der Waals surface area contributed by atoms with Gasteiger partial charge < -0.3 is 9.64 Å². The molecule has 9 heteroatoms. The number of carbonyl (C=O) groups is 2. The van der Waals surface area contributed by atoms with Crippen LogP contribution in [-0.2, 0) is 4.74 Å². The number of carbonyl (C=O) groups excluding carboxylic acids is 2. The number of nitro groups is 1. The molecule has 1 saturated heterocycles. The molecule has 0 spiro atoms. The zero-order valence-electron chi connectivity index (χ0n) is 20.4. The van der Waals surface area contributed by atoms with Gasteiger partial charge in [0.25, 0.3) is 17.5 Å². The number of rotatable bonds is 6. The van der Waals surface area contributed by atoms with Crippen molar-refractivity contribution in [1.29, 1.82) is 0 Å². The maximum atomic E-state index is 13.8. The summed E-state index contributed by atoms with van der Waals surface area (Å²) in [6.45, 7) is 2.52. The minimum Gasteiger partial charge on any atom is -0.378 e. The highest BCUT2D eigenvalue weighted by molar-refractivity contribution is 6.25. The molecule has 1 aliphatic rings. The third-order valence-corrected chi connectivity index (χ3v) is 6.30. The van der Waals surface area contributed by atoms with Crippen LogP contribution >= 0.6 is 0 Å². The quantitative estimate of drug-likeness (QED) is 0.205. The maximum Gasteiger partial charge on any atom is 0.283 e. The van der Waals surface area contributed by atoms with Crippen molar-refractivity contribution in [2.75, 3.05) is 36.1 Å². The maximum absolute atomic E-state index is 13.8. The van der Waals surface area contributed by atoms with E-state index in [1.54, 1.807) is 18.2 Å². The highest BCUT2D eigenvalue weighted by Crippen LogP contribution is 2.26. The molecule has 1 aliphatic heterocycles. The molecule has 4 aromatic rings. The lowest BCUT2D eigenvalue weighted by atomic mass is 10.0. The first kappa shape index (κ1) is 24.8. The molecule has 0 N–H and O–H groups in total. The van der Waals surface area contributed by atoms with Crippen LogP contribution in [-0.4, -0.2) is 48.0 Å². The Labute approximate surface area is 219 Å². The van der Waals surface area contributed by atoms with Gasteiger partial charge >= 0.3 is 0 Å². The first-order valence-corrected chi connectivity index (χ1v) is 12.1. The second-order valence-electron chi connectivity index (χ2n) is 8.66. The van der Waals surface area contributed by atoms with E-state index < -0.39 is 16.7 Å². The number of hydrogen-bond donors (Lipinski definition) is 0. The molecule has 9 nitrogen and oxygen atoms in total. The van der Waals surface area contributed by atoms with Crippen LogP contribution in [0.1, 0.15) is 20.8 Å². The number of anilines is 2. The van der Waals surface area contributed by atoms with Crippen molar-refractivity contribution >= 4 is 28.9 Å². The van der Waals surface area contributed by atoms with Gasteiger partial charge in [-0.05, 0) is 47.5 Å². The van der Waals surface area contributed by atoms with E-state index in [4.69, 9.17) is 4.74 Å². The van der Waals surface area contributed by atoms with Gasteiger partial charge in [0.2, 0.25) is 0 Å². The van der Waals surface area contributed by atoms with Crippen LogP contribution in [0.15, 0.2) is 97.2 Å². The Morgan fingerprint density at radius 3 is 2.16 bits per heavy atom. The molecule has 0 saturated carbocycles. The molecule has 1 aromatic heterocycles. The van der Waals surface area contributed by atoms with Crippen LogP contribution in [0.3, 0.4) is 0 Å². The Morgan fingerprint density at radius 2 is 1.50 bits per heavy atom. The summed E-state index contributed by atoms with van der Waals surface area (Å²) in [5.41, 5.74) is 3.16. The second kappa shape index (κ2) is 11.0. The lowest BCUT2D eigenvalue weighted by Crippen LogP contribution is -2.38. The Balaban J connectivity index is 1.50. The molecule has 0 unspecified atom stereocenters. The van der Waals surface area contributed by atoms with Crippen LogP contribution < -0.4 is 9.80 Å². The average Bonchev–Trinajstić information content (AvgIpc) is 2.98. The fourth-order valence-corrected chi connectivity index (χ4v) is 4.28. The standard InChI is InChI=1S/C29H24N4O5/c34-28(23-8-6-22(7-9-23)21-4-2-1-3-5-21)32(24-10-12-25(13-11-24)33(36)37)29(35)27-20-26(14-15-30-27)31-16-18-38-19-17-31/h1-15,20H,16-19H2. The average molecular weight is 509 g/mol. The fraction of sp³-hybridized carbons (Fsp3) is 0.138. The summed E-state index contributed by atoms with van der Waals surface area (Å²) in [5.74, 6) is -1.20. The number of imide groups is 1. The predicted octanol–water partition coefficient (Wildman–Crippen LogP) is 4.98. The highest BCUT2D eigenvalue weighted by atomic mass is 16.6. The molecule has 0 radical (unpaired) electrons. The number of pyridine rings is 1. The molecule has 1 fully saturated rings. The number of morpholine rings is 1. The fourth-order valence-electron chi connectivity index (χ4n) is 4.28. The van der Waals surface area contributed by atoms with E-state index in [1.807, 2.05) is 48.5 Å². The third kappa shape index (κ3) is 5.28. The van der Waals surface area contributed by atoms with Crippen molar-refractivity contribution in [2.45, 2.75) is 0 Å². The molecule has 38 heavy (non-hydrogen) atoms. The number of nitro benzene ring substituents is 1. The first-order chi connectivity index (χ1) is 18.5. The predicted molar refractivity (Wildman–Crippen MR) is 143 cm³/mol. The largest absolute Gasteiger partial charge is 0.378 e. The first-order valence-electron chi connectivity index (χ1n) is 12.1. The SMILES string of the molecule is O=C(c1ccc(-c2ccccc2)cc1)N(C(=O)c1cc(N2CCOCC2)ccn1)c1ccc([N+](=O)[O-])cc1. The molecular weight excluding hydrogens is 484 g/mol. The van der Waals surface area contributed by atoms with Gasteiger partial charge in [0, 0.05) is 42.7 Å². The number of hydrogen-bond acceptors (Lipinski definition) is 7. The normalized spacial score (nSPS) is 13.1. The highest BCUT2D eigenvalue weighted by Gasteiger charge is 2.28. The number of benzene rings is 3. The Morgan fingerprint density at radius 1 is 0.842 bits per heavy atom. The van der Waals surface area contributed by atoms with Gasteiger partial charge in [0.05, 0.1) is 23.8 Å². The topological polar surface area (TPSA) is 106 Å². The van der Waals surface area contributed by atoms with Crippen LogP contribution in [0.4, 0.5) is 17.1 Å². The van der Waals surface area contributed by atoms with Crippen molar-refractivity contribution in [3.05, 3.63) is 119 Å². The van der Waals surface area contributed by atoms with Gasteiger partial charge in [-0.3, -0.25) is 24.7 Å². The molecule has 0 bridgehead atoms. The third-order valence-electron chi connectivity index (χ3n) is 6.30. The summed E-state index contributed by atoms with van der Waals surface area (Å²) in [5, 5.41) is 11.2. The van der Waals surface area contributed by atoms with Gasteiger partial charge in [0.15, 0.2) is 0 Å². The minimum absolute atomic E-state index is 0.0848. The molecule has 190 valence electrons. The number of nitrogens with zero attached hydrogens (tertiary/aromatic N) is 4. The van der Waals surface area contributed by atoms with E-state index in [9.17, 15) is 19.7 Å². The molecule has 0 atom stereocenters. The van der Waals surface area contributed by atoms with Crippen LogP contribution in [0.25, 0.3) is 11.1 Å². The lowest BCUT2D eigenvalue weighted by molar-refractivity contribution is -0.384. The van der Waals surface area contributed by atoms with Crippen molar-refractivity contribution in [3.63, 3.8) is 0 Å². The molecule has 3 aromatic carbocycles. The summed E-state index contributed by atoms with van der Waals surface area (Å²) < 4.78 is 5.41. The van der Waals surface area contributed by atoms with Crippen molar-refractivity contribution in [1.82, 2.24) is 4.98 Å². The number of non-ortho nitro benzene ring substituents is 1. The molecule has 0 aliphatic carbocycles. The van der Waals surface area contributed by atoms with Crippen molar-refractivity contribution in [3.8, 4) is 11.1 Å². The molecular formula is C29H24N4O5. The molecule has 2 amide bonds. The van der Waals surface area contributed by atoms with Crippen molar-refractivity contribution in [2.24, 2.45) is 0 Å². The van der Waals surface area contributed by atoms with E-state index in [0.29, 0.717) is 31.9 Å². The zero-order valence-corrected chi connectivity index (χ0v) is 20.4. The van der Waals surface area contributed by atoms with E-state index in [0.717, 1.165) is 21.7 Å². The summed E-state index contributed by atoms with van der Waals surface area (Å²) >= 11 is 0. The minimum atomic E-state index is -0.633.